The van der Waals surface area contributed by atoms with E-state index in [1.54, 1.807) is 18.2 Å². The molecule has 0 atom stereocenters. The van der Waals surface area contributed by atoms with Gasteiger partial charge in [0.05, 0.1) is 18.4 Å². The number of aryl methyl sites for hydroxylation is 1. The molecule has 0 fully saturated rings. The van der Waals surface area contributed by atoms with Crippen molar-refractivity contribution in [2.75, 3.05) is 7.11 Å². The molecule has 1 heterocycles. The number of methoxy groups -OCH3 is 1. The predicted octanol–water partition coefficient (Wildman–Crippen LogP) is 2.31. The second-order valence-corrected chi connectivity index (χ2v) is 4.71. The molecule has 2 aromatic rings. The molecule has 0 aliphatic carbocycles. The fourth-order valence-corrected chi connectivity index (χ4v) is 2.04. The Balaban J connectivity index is 2.73. The maximum Gasteiger partial charge on any atom is 0.277 e. The van der Waals surface area contributed by atoms with Gasteiger partial charge in [-0.2, -0.15) is 5.10 Å². The summed E-state index contributed by atoms with van der Waals surface area (Å²) >= 11 is 5.98. The highest BCUT2D eigenvalue weighted by atomic mass is 35.5. The third-order valence-electron chi connectivity index (χ3n) is 2.88. The normalized spacial score (nSPS) is 10.4. The number of rotatable bonds is 3. The molecule has 20 heavy (non-hydrogen) atoms. The van der Waals surface area contributed by atoms with Gasteiger partial charge in [0, 0.05) is 17.6 Å². The Morgan fingerprint density at radius 3 is 2.65 bits per heavy atom. The smallest absolute Gasteiger partial charge is 0.277 e. The van der Waals surface area contributed by atoms with Crippen molar-refractivity contribution < 1.29 is 9.53 Å². The lowest BCUT2D eigenvalue weighted by Gasteiger charge is -2.10. The van der Waals surface area contributed by atoms with Crippen LogP contribution in [-0.2, 0) is 7.05 Å². The first-order chi connectivity index (χ1) is 9.43. The van der Waals surface area contributed by atoms with Gasteiger partial charge in [0.1, 0.15) is 5.75 Å². The van der Waals surface area contributed by atoms with Crippen LogP contribution in [0.3, 0.4) is 0 Å². The molecule has 2 rings (SSSR count). The molecule has 0 saturated carbocycles. The highest BCUT2D eigenvalue weighted by molar-refractivity contribution is 6.31. The van der Waals surface area contributed by atoms with E-state index in [0.29, 0.717) is 22.0 Å². The molecule has 0 radical (unpaired) electrons. The van der Waals surface area contributed by atoms with Crippen molar-refractivity contribution in [1.82, 2.24) is 9.78 Å². The fraction of sp³-hybridized carbons (Fsp3) is 0.214. The van der Waals surface area contributed by atoms with Crippen LogP contribution >= 0.6 is 11.6 Å². The third kappa shape index (κ3) is 2.58. The van der Waals surface area contributed by atoms with Crippen LogP contribution in [0.25, 0.3) is 11.3 Å². The number of hydrogen-bond donors (Lipinski definition) is 0. The van der Waals surface area contributed by atoms with Gasteiger partial charge in [-0.3, -0.25) is 9.59 Å². The van der Waals surface area contributed by atoms with E-state index in [2.05, 4.69) is 5.10 Å². The monoisotopic (exact) mass is 292 g/mol. The van der Waals surface area contributed by atoms with Crippen molar-refractivity contribution in [2.24, 2.45) is 7.05 Å². The molecule has 6 heteroatoms. The molecule has 0 spiro atoms. The first kappa shape index (κ1) is 14.3. The van der Waals surface area contributed by atoms with Crippen LogP contribution in [0.2, 0.25) is 5.02 Å². The molecule has 1 aromatic carbocycles. The van der Waals surface area contributed by atoms with Crippen molar-refractivity contribution in [3.8, 4) is 17.0 Å². The summed E-state index contributed by atoms with van der Waals surface area (Å²) in [6.45, 7) is 1.34. The van der Waals surface area contributed by atoms with E-state index in [1.165, 1.54) is 27.1 Å². The number of carbonyl (C=O) groups is 1. The molecule has 104 valence electrons. The maximum absolute atomic E-state index is 11.8. The summed E-state index contributed by atoms with van der Waals surface area (Å²) < 4.78 is 6.39. The molecule has 0 aliphatic heterocycles. The maximum atomic E-state index is 11.8. The quantitative estimate of drug-likeness (QED) is 0.815. The number of ether oxygens (including phenoxy) is 1. The zero-order valence-corrected chi connectivity index (χ0v) is 12.1. The minimum Gasteiger partial charge on any atom is -0.496 e. The van der Waals surface area contributed by atoms with Gasteiger partial charge in [-0.25, -0.2) is 4.68 Å². The van der Waals surface area contributed by atoms with Crippen LogP contribution in [0, 0.1) is 0 Å². The van der Waals surface area contributed by atoms with Crippen LogP contribution in [0.5, 0.6) is 5.75 Å². The summed E-state index contributed by atoms with van der Waals surface area (Å²) in [6, 6.07) is 6.53. The average Bonchev–Trinajstić information content (AvgIpc) is 2.41. The highest BCUT2D eigenvalue weighted by Gasteiger charge is 2.14. The molecule has 0 amide bonds. The number of aromatic nitrogens is 2. The number of Topliss-reactive ketones (excluding diaryl/α,β-unsaturated/α-hetero) is 1. The van der Waals surface area contributed by atoms with Crippen LogP contribution in [0.4, 0.5) is 0 Å². The molecular formula is C14H13ClN2O3. The summed E-state index contributed by atoms with van der Waals surface area (Å²) in [5.41, 5.74) is 0.733. The summed E-state index contributed by atoms with van der Waals surface area (Å²) in [6.07, 6.45) is 0. The first-order valence-corrected chi connectivity index (χ1v) is 6.25. The summed E-state index contributed by atoms with van der Waals surface area (Å²) in [7, 11) is 3.02. The first-order valence-electron chi connectivity index (χ1n) is 5.87. The zero-order chi connectivity index (χ0) is 14.9. The van der Waals surface area contributed by atoms with Gasteiger partial charge >= 0.3 is 0 Å². The molecule has 0 unspecified atom stereocenters. The number of nitrogens with zero attached hydrogens (tertiary/aromatic N) is 2. The van der Waals surface area contributed by atoms with E-state index in [1.807, 2.05) is 0 Å². The average molecular weight is 293 g/mol. The van der Waals surface area contributed by atoms with Crippen LogP contribution in [0.1, 0.15) is 17.3 Å². The number of halogens is 1. The van der Waals surface area contributed by atoms with Gasteiger partial charge in [-0.15, -0.1) is 0 Å². The topological polar surface area (TPSA) is 61.2 Å². The van der Waals surface area contributed by atoms with Crippen molar-refractivity contribution in [3.05, 3.63) is 45.2 Å². The standard InChI is InChI=1S/C14H13ClN2O3/c1-8(18)10-7-12(16-17(2)14(10)19)11-6-9(15)4-5-13(11)20-3/h4-7H,1-3H3. The fourth-order valence-electron chi connectivity index (χ4n) is 1.87. The van der Waals surface area contributed by atoms with E-state index in [0.717, 1.165) is 4.68 Å². The number of benzene rings is 1. The summed E-state index contributed by atoms with van der Waals surface area (Å²) in [4.78, 5) is 23.4. The molecule has 5 nitrogen and oxygen atoms in total. The number of ketones is 1. The van der Waals surface area contributed by atoms with Crippen molar-refractivity contribution >= 4 is 17.4 Å². The van der Waals surface area contributed by atoms with Gasteiger partial charge < -0.3 is 4.74 Å². The zero-order valence-electron chi connectivity index (χ0n) is 11.3. The largest absolute Gasteiger partial charge is 0.496 e. The lowest BCUT2D eigenvalue weighted by molar-refractivity contribution is 0.101. The Bertz CT molecular complexity index is 738. The molecule has 0 N–H and O–H groups in total. The number of carbonyl (C=O) groups excluding carboxylic acids is 1. The summed E-state index contributed by atoms with van der Waals surface area (Å²) in [5, 5.41) is 4.66. The van der Waals surface area contributed by atoms with Crippen molar-refractivity contribution in [1.29, 1.82) is 0 Å². The molecule has 1 aromatic heterocycles. The van der Waals surface area contributed by atoms with E-state index >= 15 is 0 Å². The van der Waals surface area contributed by atoms with E-state index < -0.39 is 5.56 Å². The predicted molar refractivity (Wildman–Crippen MR) is 76.5 cm³/mol. The third-order valence-corrected chi connectivity index (χ3v) is 3.11. The van der Waals surface area contributed by atoms with Gasteiger partial charge in [0.25, 0.3) is 5.56 Å². The Labute approximate surface area is 120 Å². The van der Waals surface area contributed by atoms with Crippen LogP contribution in [-0.4, -0.2) is 22.7 Å². The lowest BCUT2D eigenvalue weighted by Crippen LogP contribution is -2.25. The van der Waals surface area contributed by atoms with Gasteiger partial charge in [0.2, 0.25) is 0 Å². The van der Waals surface area contributed by atoms with Crippen molar-refractivity contribution in [3.63, 3.8) is 0 Å². The Kier molecular flexibility index (Phi) is 3.90. The molecule has 0 aliphatic rings. The molecule has 0 saturated heterocycles. The minimum atomic E-state index is -0.428. The SMILES string of the molecule is COc1ccc(Cl)cc1-c1cc(C(C)=O)c(=O)n(C)n1. The Morgan fingerprint density at radius 2 is 2.05 bits per heavy atom. The number of hydrogen-bond acceptors (Lipinski definition) is 4. The van der Waals surface area contributed by atoms with E-state index in [-0.39, 0.29) is 11.3 Å². The van der Waals surface area contributed by atoms with Gasteiger partial charge in [-0.1, -0.05) is 11.6 Å². The van der Waals surface area contributed by atoms with Crippen LogP contribution in [0.15, 0.2) is 29.1 Å². The highest BCUT2D eigenvalue weighted by Crippen LogP contribution is 2.31. The van der Waals surface area contributed by atoms with E-state index in [4.69, 9.17) is 16.3 Å². The van der Waals surface area contributed by atoms with Crippen molar-refractivity contribution in [2.45, 2.75) is 6.92 Å². The second kappa shape index (κ2) is 5.46. The lowest BCUT2D eigenvalue weighted by atomic mass is 10.1. The van der Waals surface area contributed by atoms with Gasteiger partial charge in [0.15, 0.2) is 5.78 Å². The second-order valence-electron chi connectivity index (χ2n) is 4.27. The minimum absolute atomic E-state index is 0.0829. The summed E-state index contributed by atoms with van der Waals surface area (Å²) in [5.74, 6) is 0.255. The Hall–Kier alpha value is -2.14. The molecular weight excluding hydrogens is 280 g/mol. The Morgan fingerprint density at radius 1 is 1.35 bits per heavy atom. The van der Waals surface area contributed by atoms with Gasteiger partial charge in [-0.05, 0) is 31.2 Å². The molecule has 0 bridgehead atoms. The van der Waals surface area contributed by atoms with Crippen LogP contribution < -0.4 is 10.3 Å². The van der Waals surface area contributed by atoms with E-state index in [9.17, 15) is 9.59 Å².